The number of terminal acetylenes is 1. The molecule has 180 valence electrons. The molecule has 0 aromatic carbocycles. The normalized spacial score (nSPS) is 8.92. The first kappa shape index (κ1) is 39.5. The van der Waals surface area contributed by atoms with Crippen molar-refractivity contribution in [2.24, 2.45) is 0 Å². The van der Waals surface area contributed by atoms with E-state index in [2.05, 4.69) is 82.5 Å². The van der Waals surface area contributed by atoms with Gasteiger partial charge in [0.15, 0.2) is 6.10 Å². The molecule has 0 fully saturated rings. The van der Waals surface area contributed by atoms with E-state index >= 15 is 0 Å². The topological polar surface area (TPSA) is 125 Å². The van der Waals surface area contributed by atoms with Crippen LogP contribution in [0, 0.1) is 83.4 Å². The standard InChI is InChI=1S/C26H23O8P.2Na/c1-3-5-7-9-10-11-12-13-14-15-17-18-20-25(27)32-22-24(23-33-35(29,30)31)34-26(28)21-19-16-8-6-4-2;;/h1,24H,4,6,8,16,19,21-23H2,2H3,(H2,29,30,31);;/q;2*+1/p-2/t24-;;/m1../s1. The van der Waals surface area contributed by atoms with Crippen molar-refractivity contribution in [1.29, 1.82) is 0 Å². The molecule has 0 radical (unpaired) electrons. The molecule has 0 amide bonds. The largest absolute Gasteiger partial charge is 1.00 e. The quantitative estimate of drug-likeness (QED) is 0.0602. The summed E-state index contributed by atoms with van der Waals surface area (Å²) >= 11 is 0. The number of phosphoric acid groups is 1. The van der Waals surface area contributed by atoms with Gasteiger partial charge in [-0.05, 0) is 77.5 Å². The van der Waals surface area contributed by atoms with Crippen molar-refractivity contribution in [2.45, 2.75) is 51.6 Å². The van der Waals surface area contributed by atoms with Crippen molar-refractivity contribution in [1.82, 2.24) is 0 Å². The summed E-state index contributed by atoms with van der Waals surface area (Å²) in [6.45, 7) is 0.708. The second kappa shape index (κ2) is 27.0. The van der Waals surface area contributed by atoms with Crippen LogP contribution in [0.5, 0.6) is 0 Å². The van der Waals surface area contributed by atoms with Gasteiger partial charge in [0.2, 0.25) is 0 Å². The van der Waals surface area contributed by atoms with Gasteiger partial charge in [-0.25, -0.2) is 4.79 Å². The Morgan fingerprint density at radius 3 is 1.84 bits per heavy atom. The van der Waals surface area contributed by atoms with Crippen molar-refractivity contribution < 1.29 is 97.1 Å². The number of ether oxygens (including phenoxy) is 2. The molecule has 0 aliphatic carbocycles. The Balaban J connectivity index is -0.00000578. The third-order valence-corrected chi connectivity index (χ3v) is 3.93. The molecule has 8 nitrogen and oxygen atoms in total. The molecular formula is C26H21Na2O8P. The summed E-state index contributed by atoms with van der Waals surface area (Å²) in [6, 6.07) is 0. The molecule has 0 unspecified atom stereocenters. The van der Waals surface area contributed by atoms with Crippen molar-refractivity contribution in [3.8, 4) is 83.4 Å². The summed E-state index contributed by atoms with van der Waals surface area (Å²) in [6.07, 6.45) is 8.20. The van der Waals surface area contributed by atoms with E-state index in [-0.39, 0.29) is 65.5 Å². The smallest absolute Gasteiger partial charge is 0.790 e. The monoisotopic (exact) mass is 538 g/mol. The Hall–Kier alpha value is -2.03. The van der Waals surface area contributed by atoms with Crippen molar-refractivity contribution in [3.63, 3.8) is 0 Å². The van der Waals surface area contributed by atoms with Gasteiger partial charge >= 0.3 is 71.1 Å². The maximum atomic E-state index is 11.9. The van der Waals surface area contributed by atoms with Crippen LogP contribution in [0.3, 0.4) is 0 Å². The van der Waals surface area contributed by atoms with Crippen LogP contribution in [0.15, 0.2) is 0 Å². The first-order valence-electron chi connectivity index (χ1n) is 10.3. The zero-order chi connectivity index (χ0) is 26.2. The van der Waals surface area contributed by atoms with Gasteiger partial charge in [0.05, 0.1) is 14.4 Å². The molecule has 0 bridgehead atoms. The van der Waals surface area contributed by atoms with Crippen molar-refractivity contribution >= 4 is 19.8 Å². The predicted octanol–water partition coefficient (Wildman–Crippen LogP) is -5.69. The van der Waals surface area contributed by atoms with Gasteiger partial charge in [-0.15, -0.1) is 6.42 Å². The molecule has 0 saturated heterocycles. The average Bonchev–Trinajstić information content (AvgIpc) is 2.80. The molecule has 37 heavy (non-hydrogen) atoms. The van der Waals surface area contributed by atoms with Crippen molar-refractivity contribution in [3.05, 3.63) is 0 Å². The van der Waals surface area contributed by atoms with Crippen LogP contribution in [-0.2, 0) is 28.2 Å². The summed E-state index contributed by atoms with van der Waals surface area (Å²) in [5, 5.41) is 0. The average molecular weight is 538 g/mol. The molecule has 1 atom stereocenters. The van der Waals surface area contributed by atoms with Crippen LogP contribution in [0.25, 0.3) is 0 Å². The summed E-state index contributed by atoms with van der Waals surface area (Å²) in [4.78, 5) is 45.0. The fraction of sp³-hybridized carbons (Fsp3) is 0.385. The Morgan fingerprint density at radius 2 is 1.32 bits per heavy atom. The van der Waals surface area contributed by atoms with Crippen LogP contribution in [0.2, 0.25) is 0 Å². The molecule has 0 saturated carbocycles. The molecular weight excluding hydrogens is 517 g/mol. The third kappa shape index (κ3) is 30.1. The summed E-state index contributed by atoms with van der Waals surface area (Å²) < 4.78 is 24.7. The number of rotatable bonds is 12. The van der Waals surface area contributed by atoms with E-state index in [0.29, 0.717) is 6.42 Å². The van der Waals surface area contributed by atoms with E-state index in [1.54, 1.807) is 0 Å². The Labute approximate surface area is 262 Å². The van der Waals surface area contributed by atoms with E-state index < -0.39 is 39.1 Å². The van der Waals surface area contributed by atoms with E-state index in [1.807, 2.05) is 5.92 Å². The van der Waals surface area contributed by atoms with E-state index in [9.17, 15) is 23.9 Å². The minimum atomic E-state index is -5.31. The van der Waals surface area contributed by atoms with Crippen LogP contribution < -0.4 is 68.9 Å². The minimum Gasteiger partial charge on any atom is -0.790 e. The van der Waals surface area contributed by atoms with Gasteiger partial charge < -0.3 is 28.3 Å². The van der Waals surface area contributed by atoms with E-state index in [0.717, 1.165) is 25.7 Å². The maximum Gasteiger partial charge on any atom is 1.00 e. The Bertz CT molecular complexity index is 1190. The van der Waals surface area contributed by atoms with Crippen molar-refractivity contribution in [2.75, 3.05) is 13.2 Å². The summed E-state index contributed by atoms with van der Waals surface area (Å²) in [5.74, 6) is 28.2. The van der Waals surface area contributed by atoms with Crippen LogP contribution in [0.1, 0.15) is 45.4 Å². The molecule has 0 heterocycles. The first-order valence-corrected chi connectivity index (χ1v) is 11.7. The third-order valence-electron chi connectivity index (χ3n) is 3.46. The summed E-state index contributed by atoms with van der Waals surface area (Å²) in [7, 11) is -5.31. The number of phosphoric ester groups is 1. The zero-order valence-corrected chi connectivity index (χ0v) is 25.9. The SMILES string of the molecule is C#CC#CC#CC#CC#CC#CC#CC(=O)OC[C@H](COP(=O)([O-])[O-])OC(=O)CCCCCCC.[Na+].[Na+]. The second-order valence-electron chi connectivity index (χ2n) is 6.26. The Morgan fingerprint density at radius 1 is 0.811 bits per heavy atom. The molecule has 0 spiro atoms. The molecule has 0 N–H and O–H groups in total. The zero-order valence-electron chi connectivity index (χ0n) is 21.0. The van der Waals surface area contributed by atoms with Gasteiger partial charge in [-0.2, -0.15) is 0 Å². The molecule has 0 aromatic rings. The molecule has 11 heteroatoms. The number of esters is 2. The second-order valence-corrected chi connectivity index (χ2v) is 7.41. The van der Waals surface area contributed by atoms with Gasteiger partial charge in [0.25, 0.3) is 0 Å². The van der Waals surface area contributed by atoms with Gasteiger partial charge in [0.1, 0.15) is 6.61 Å². The number of hydrogen-bond acceptors (Lipinski definition) is 8. The molecule has 0 rings (SSSR count). The summed E-state index contributed by atoms with van der Waals surface area (Å²) in [5.41, 5.74) is 0. The maximum absolute atomic E-state index is 11.9. The first-order chi connectivity index (χ1) is 16.8. The number of carbonyl (C=O) groups is 2. The molecule has 0 aliphatic heterocycles. The molecule has 0 aliphatic rings. The van der Waals surface area contributed by atoms with E-state index in [4.69, 9.17) is 15.9 Å². The number of unbranched alkanes of at least 4 members (excludes halogenated alkanes) is 4. The van der Waals surface area contributed by atoms with Gasteiger partial charge in [0, 0.05) is 12.3 Å². The number of carbonyl (C=O) groups excluding carboxylic acids is 2. The van der Waals surface area contributed by atoms with Crippen LogP contribution >= 0.6 is 7.82 Å². The van der Waals surface area contributed by atoms with E-state index in [1.165, 1.54) is 0 Å². The number of hydrogen-bond donors (Lipinski definition) is 0. The van der Waals surface area contributed by atoms with Gasteiger partial charge in [-0.3, -0.25) is 4.79 Å². The van der Waals surface area contributed by atoms with Crippen LogP contribution in [0.4, 0.5) is 0 Å². The minimum absolute atomic E-state index is 0. The Kier molecular flexibility index (Phi) is 28.8. The predicted molar refractivity (Wildman–Crippen MR) is 123 cm³/mol. The van der Waals surface area contributed by atoms with Gasteiger partial charge in [-0.1, -0.05) is 32.6 Å². The fourth-order valence-corrected chi connectivity index (χ4v) is 2.36. The van der Waals surface area contributed by atoms with Crippen LogP contribution in [-0.4, -0.2) is 31.3 Å². The fourth-order valence-electron chi connectivity index (χ4n) is 2.01. The molecule has 0 aromatic heterocycles.